The maximum absolute atomic E-state index is 13.9. The van der Waals surface area contributed by atoms with E-state index in [1.807, 2.05) is 97.1 Å². The van der Waals surface area contributed by atoms with Gasteiger partial charge in [-0.15, -0.1) is 0 Å². The third-order valence-corrected chi connectivity index (χ3v) is 5.60. The van der Waals surface area contributed by atoms with Crippen LogP contribution in [0.3, 0.4) is 0 Å². The number of nitrogens with zero attached hydrogens (tertiary/aromatic N) is 1. The molecule has 0 amide bonds. The molecule has 2 aromatic heterocycles. The van der Waals surface area contributed by atoms with Crippen molar-refractivity contribution in [2.24, 2.45) is 0 Å². The van der Waals surface area contributed by atoms with Crippen molar-refractivity contribution in [1.82, 2.24) is 4.40 Å². The third-order valence-electron chi connectivity index (χ3n) is 5.60. The lowest BCUT2D eigenvalue weighted by Gasteiger charge is -2.19. The van der Waals surface area contributed by atoms with Crippen molar-refractivity contribution < 1.29 is 9.53 Å². The Bertz CT molecular complexity index is 1500. The Labute approximate surface area is 185 Å². The highest BCUT2D eigenvalue weighted by molar-refractivity contribution is 5.88. The highest BCUT2D eigenvalue weighted by Crippen LogP contribution is 2.35. The Hall–Kier alpha value is -4.18. The molecule has 0 N–H and O–H groups in total. The molecule has 0 spiro atoms. The molecule has 0 atom stereocenters. The standard InChI is InChI=1S/C28H21NO3/c1-19(30)32-27-23(18-20-10-4-2-5-11-20)25-17-16-21-12-8-9-15-24(21)29(25)28(31)26(27)22-13-6-3-7-14-22/h2-17H,18H2,1H3. The summed E-state index contributed by atoms with van der Waals surface area (Å²) >= 11 is 0. The number of para-hydroxylation sites is 1. The van der Waals surface area contributed by atoms with E-state index in [0.717, 1.165) is 27.5 Å². The second-order valence-electron chi connectivity index (χ2n) is 7.72. The van der Waals surface area contributed by atoms with Crippen LogP contribution in [-0.4, -0.2) is 10.4 Å². The molecule has 156 valence electrons. The van der Waals surface area contributed by atoms with Crippen molar-refractivity contribution in [3.05, 3.63) is 119 Å². The van der Waals surface area contributed by atoms with Crippen LogP contribution < -0.4 is 10.3 Å². The number of hydrogen-bond acceptors (Lipinski definition) is 3. The van der Waals surface area contributed by atoms with Crippen LogP contribution in [0, 0.1) is 0 Å². The first-order chi connectivity index (χ1) is 15.6. The second kappa shape index (κ2) is 8.16. The zero-order chi connectivity index (χ0) is 22.1. The van der Waals surface area contributed by atoms with Gasteiger partial charge >= 0.3 is 5.97 Å². The minimum absolute atomic E-state index is 0.212. The van der Waals surface area contributed by atoms with Crippen LogP contribution in [-0.2, 0) is 11.2 Å². The van der Waals surface area contributed by atoms with Crippen molar-refractivity contribution in [3.8, 4) is 16.9 Å². The summed E-state index contributed by atoms with van der Waals surface area (Å²) in [6.45, 7) is 1.36. The number of aromatic nitrogens is 1. The van der Waals surface area contributed by atoms with E-state index in [-0.39, 0.29) is 5.56 Å². The van der Waals surface area contributed by atoms with Gasteiger partial charge in [0.1, 0.15) is 5.75 Å². The Morgan fingerprint density at radius 3 is 2.16 bits per heavy atom. The average molecular weight is 419 g/mol. The summed E-state index contributed by atoms with van der Waals surface area (Å²) in [5.41, 5.74) is 4.30. The molecular formula is C28H21NO3. The number of esters is 1. The molecule has 0 saturated heterocycles. The number of fused-ring (bicyclic) bond motifs is 3. The van der Waals surface area contributed by atoms with E-state index in [9.17, 15) is 9.59 Å². The van der Waals surface area contributed by atoms with Crippen molar-refractivity contribution in [2.75, 3.05) is 0 Å². The summed E-state index contributed by atoms with van der Waals surface area (Å²) in [4.78, 5) is 26.1. The molecule has 5 aromatic rings. The summed E-state index contributed by atoms with van der Waals surface area (Å²) in [6, 6.07) is 31.1. The van der Waals surface area contributed by atoms with Gasteiger partial charge < -0.3 is 4.74 Å². The predicted octanol–water partition coefficient (Wildman–Crippen LogP) is 5.64. The summed E-state index contributed by atoms with van der Waals surface area (Å²) in [5, 5.41) is 0.965. The molecule has 0 aliphatic heterocycles. The molecule has 0 radical (unpaired) electrons. The van der Waals surface area contributed by atoms with Gasteiger partial charge in [0.05, 0.1) is 16.6 Å². The van der Waals surface area contributed by atoms with Crippen LogP contribution in [0.15, 0.2) is 102 Å². The van der Waals surface area contributed by atoms with Crippen molar-refractivity contribution in [1.29, 1.82) is 0 Å². The fourth-order valence-corrected chi connectivity index (χ4v) is 4.22. The van der Waals surface area contributed by atoms with E-state index in [2.05, 4.69) is 0 Å². The molecular weight excluding hydrogens is 398 g/mol. The Morgan fingerprint density at radius 1 is 0.781 bits per heavy atom. The summed E-state index contributed by atoms with van der Waals surface area (Å²) in [7, 11) is 0. The molecule has 0 unspecified atom stereocenters. The van der Waals surface area contributed by atoms with Gasteiger partial charge in [-0.1, -0.05) is 84.9 Å². The van der Waals surface area contributed by atoms with Gasteiger partial charge in [-0.2, -0.15) is 0 Å². The van der Waals surface area contributed by atoms with E-state index in [0.29, 0.717) is 23.3 Å². The number of carbonyl (C=O) groups is 1. The predicted molar refractivity (Wildman–Crippen MR) is 127 cm³/mol. The summed E-state index contributed by atoms with van der Waals surface area (Å²) < 4.78 is 7.49. The smallest absolute Gasteiger partial charge is 0.308 e. The SMILES string of the molecule is CC(=O)Oc1c(-c2ccccc2)c(=O)n2c(ccc3ccccc32)c1Cc1ccccc1. The number of benzene rings is 3. The van der Waals surface area contributed by atoms with Crippen molar-refractivity contribution in [3.63, 3.8) is 0 Å². The molecule has 0 aliphatic rings. The monoisotopic (exact) mass is 419 g/mol. The van der Waals surface area contributed by atoms with Crippen LogP contribution in [0.4, 0.5) is 0 Å². The number of carbonyl (C=O) groups excluding carboxylic acids is 1. The Balaban J connectivity index is 1.96. The van der Waals surface area contributed by atoms with E-state index in [1.165, 1.54) is 6.92 Å². The van der Waals surface area contributed by atoms with Crippen molar-refractivity contribution in [2.45, 2.75) is 13.3 Å². The van der Waals surface area contributed by atoms with Gasteiger partial charge in [-0.3, -0.25) is 14.0 Å². The van der Waals surface area contributed by atoms with Crippen LogP contribution in [0.2, 0.25) is 0 Å². The van der Waals surface area contributed by atoms with Gasteiger partial charge in [-0.05, 0) is 28.6 Å². The minimum atomic E-state index is -0.457. The Kier molecular flexibility index (Phi) is 5.04. The molecule has 0 fully saturated rings. The van der Waals surface area contributed by atoms with Gasteiger partial charge in [0, 0.05) is 18.9 Å². The summed E-state index contributed by atoms with van der Waals surface area (Å²) in [5.74, 6) is -0.131. The molecule has 0 saturated carbocycles. The van der Waals surface area contributed by atoms with E-state index < -0.39 is 5.97 Å². The molecule has 0 aliphatic carbocycles. The molecule has 2 heterocycles. The lowest BCUT2D eigenvalue weighted by Crippen LogP contribution is -2.21. The van der Waals surface area contributed by atoms with Crippen LogP contribution in [0.5, 0.6) is 5.75 Å². The first-order valence-corrected chi connectivity index (χ1v) is 10.5. The van der Waals surface area contributed by atoms with Gasteiger partial charge in [0.2, 0.25) is 0 Å². The highest BCUT2D eigenvalue weighted by Gasteiger charge is 2.23. The number of ether oxygens (including phenoxy) is 1. The van der Waals surface area contributed by atoms with Crippen LogP contribution in [0.25, 0.3) is 27.5 Å². The van der Waals surface area contributed by atoms with Crippen molar-refractivity contribution >= 4 is 22.4 Å². The maximum atomic E-state index is 13.9. The van der Waals surface area contributed by atoms with Gasteiger partial charge in [-0.25, -0.2) is 0 Å². The first kappa shape index (κ1) is 19.8. The largest absolute Gasteiger partial charge is 0.425 e. The fourth-order valence-electron chi connectivity index (χ4n) is 4.22. The number of rotatable bonds is 4. The lowest BCUT2D eigenvalue weighted by atomic mass is 9.97. The van der Waals surface area contributed by atoms with Gasteiger partial charge in [0.15, 0.2) is 0 Å². The zero-order valence-corrected chi connectivity index (χ0v) is 17.6. The average Bonchev–Trinajstić information content (AvgIpc) is 2.82. The minimum Gasteiger partial charge on any atom is -0.425 e. The molecule has 5 rings (SSSR count). The normalized spacial score (nSPS) is 11.0. The highest BCUT2D eigenvalue weighted by atomic mass is 16.5. The van der Waals surface area contributed by atoms with E-state index in [1.54, 1.807) is 4.40 Å². The third kappa shape index (κ3) is 3.46. The molecule has 32 heavy (non-hydrogen) atoms. The summed E-state index contributed by atoms with van der Waals surface area (Å²) in [6.07, 6.45) is 0.519. The van der Waals surface area contributed by atoms with Gasteiger partial charge in [0.25, 0.3) is 5.56 Å². The number of hydrogen-bond donors (Lipinski definition) is 0. The maximum Gasteiger partial charge on any atom is 0.308 e. The quantitative estimate of drug-likeness (QED) is 0.280. The first-order valence-electron chi connectivity index (χ1n) is 10.5. The topological polar surface area (TPSA) is 47.8 Å². The Morgan fingerprint density at radius 2 is 1.44 bits per heavy atom. The molecule has 0 bridgehead atoms. The number of pyridine rings is 2. The lowest BCUT2D eigenvalue weighted by molar-refractivity contribution is -0.131. The fraction of sp³-hybridized carbons (Fsp3) is 0.0714. The van der Waals surface area contributed by atoms with Crippen LogP contribution in [0.1, 0.15) is 18.1 Å². The molecule has 4 heteroatoms. The van der Waals surface area contributed by atoms with E-state index >= 15 is 0 Å². The zero-order valence-electron chi connectivity index (χ0n) is 17.6. The molecule has 4 nitrogen and oxygen atoms in total. The second-order valence-corrected chi connectivity index (χ2v) is 7.72. The molecule has 3 aromatic carbocycles. The van der Waals surface area contributed by atoms with Crippen LogP contribution >= 0.6 is 0 Å². The van der Waals surface area contributed by atoms with E-state index in [4.69, 9.17) is 4.74 Å².